The summed E-state index contributed by atoms with van der Waals surface area (Å²) in [5.74, 6) is -6.50. The van der Waals surface area contributed by atoms with Crippen molar-refractivity contribution < 1.29 is 57.0 Å². The smallest absolute Gasteiger partial charge is 0.408 e. The van der Waals surface area contributed by atoms with Crippen molar-refractivity contribution in [2.75, 3.05) is 33.4 Å². The molecule has 66 heavy (non-hydrogen) atoms. The molecule has 6 atom stereocenters. The van der Waals surface area contributed by atoms with E-state index in [0.29, 0.717) is 55.8 Å². The summed E-state index contributed by atoms with van der Waals surface area (Å²) < 4.78 is 38.1. The number of alkyl halides is 2. The monoisotopic (exact) mass is 939 g/mol. The molecule has 3 rings (SSSR count). The summed E-state index contributed by atoms with van der Waals surface area (Å²) in [6.07, 6.45) is 1.83. The van der Waals surface area contributed by atoms with E-state index in [-0.39, 0.29) is 24.9 Å². The van der Waals surface area contributed by atoms with Gasteiger partial charge >= 0.3 is 6.09 Å². The number of carbonyl (C=O) groups is 7. The summed E-state index contributed by atoms with van der Waals surface area (Å²) in [7, 11) is 1.54. The number of hydrogen-bond acceptors (Lipinski definition) is 10. The molecule has 0 aromatic heterocycles. The molecule has 1 aliphatic heterocycles. The SMILES string of the molecule is CC.CCC.CCCN(O)C(=O)C(NC(=O)CNC(=O)C(=O)C(CCC(F)F)NC(=O)C1[C@@H](CC(C)COC)CCN1C(=O)C(NC(=O)OC(C)(C)CC)C1CCCCC1)c1ccccc1. The first-order valence-electron chi connectivity index (χ1n) is 23.9. The molecule has 1 aromatic carbocycles. The predicted octanol–water partition coefficient (Wildman–Crippen LogP) is 6.88. The lowest BCUT2D eigenvalue weighted by atomic mass is 9.83. The van der Waals surface area contributed by atoms with Crippen molar-refractivity contribution in [2.45, 2.75) is 176 Å². The Morgan fingerprint density at radius 1 is 0.909 bits per heavy atom. The zero-order valence-electron chi connectivity index (χ0n) is 41.1. The number of hydroxylamine groups is 2. The van der Waals surface area contributed by atoms with Crippen molar-refractivity contribution in [1.82, 2.24) is 31.2 Å². The lowest BCUT2D eigenvalue weighted by Crippen LogP contribution is -2.59. The fourth-order valence-electron chi connectivity index (χ4n) is 7.92. The number of alkyl carbamates (subject to hydrolysis) is 1. The van der Waals surface area contributed by atoms with E-state index in [1.807, 2.05) is 27.7 Å². The van der Waals surface area contributed by atoms with E-state index < -0.39 is 103 Å². The molecule has 0 bridgehead atoms. The van der Waals surface area contributed by atoms with Crippen LogP contribution in [-0.2, 0) is 38.2 Å². The minimum absolute atomic E-state index is 0.0150. The molecule has 2 fully saturated rings. The van der Waals surface area contributed by atoms with Gasteiger partial charge in [0.25, 0.3) is 11.8 Å². The number of carbonyl (C=O) groups excluding carboxylic acids is 7. The van der Waals surface area contributed by atoms with Crippen molar-refractivity contribution in [3.8, 4) is 0 Å². The maximum absolute atomic E-state index is 14.6. The lowest BCUT2D eigenvalue weighted by Gasteiger charge is -2.36. The quantitative estimate of drug-likeness (QED) is 0.0436. The molecule has 16 nitrogen and oxygen atoms in total. The summed E-state index contributed by atoms with van der Waals surface area (Å²) in [6.45, 7) is 16.9. The van der Waals surface area contributed by atoms with Gasteiger partial charge in [0.1, 0.15) is 23.7 Å². The van der Waals surface area contributed by atoms with Crippen LogP contribution in [0.4, 0.5) is 13.6 Å². The Morgan fingerprint density at radius 3 is 2.09 bits per heavy atom. The Morgan fingerprint density at radius 2 is 1.53 bits per heavy atom. The summed E-state index contributed by atoms with van der Waals surface area (Å²) in [5, 5.41) is 20.6. The van der Waals surface area contributed by atoms with Crippen molar-refractivity contribution in [3.63, 3.8) is 0 Å². The number of likely N-dealkylation sites (tertiary alicyclic amines) is 1. The van der Waals surface area contributed by atoms with Crippen LogP contribution in [0.2, 0.25) is 0 Å². The van der Waals surface area contributed by atoms with E-state index in [1.165, 1.54) is 18.4 Å². The van der Waals surface area contributed by atoms with Gasteiger partial charge in [-0.15, -0.1) is 0 Å². The first-order valence-corrected chi connectivity index (χ1v) is 23.9. The molecular weight excluding hydrogens is 859 g/mol. The molecule has 1 heterocycles. The van der Waals surface area contributed by atoms with Crippen molar-refractivity contribution in [3.05, 3.63) is 35.9 Å². The molecule has 0 spiro atoms. The number of rotatable bonds is 23. The Bertz CT molecular complexity index is 1650. The maximum Gasteiger partial charge on any atom is 0.408 e. The van der Waals surface area contributed by atoms with Gasteiger partial charge in [0.05, 0.1) is 12.6 Å². The van der Waals surface area contributed by atoms with Crippen LogP contribution in [0.25, 0.3) is 0 Å². The molecule has 1 saturated heterocycles. The molecular formula is C48H80F2N6O10. The normalized spacial score (nSPS) is 17.9. The Balaban J connectivity index is 0.00000417. The Kier molecular flexibility index (Phi) is 28.1. The third-order valence-electron chi connectivity index (χ3n) is 11.4. The second kappa shape index (κ2) is 31.3. The average molecular weight is 939 g/mol. The second-order valence-corrected chi connectivity index (χ2v) is 17.5. The molecule has 5 N–H and O–H groups in total. The van der Waals surface area contributed by atoms with Crippen LogP contribution < -0.4 is 21.3 Å². The van der Waals surface area contributed by atoms with Crippen LogP contribution in [0, 0.1) is 17.8 Å². The molecule has 18 heteroatoms. The van der Waals surface area contributed by atoms with E-state index >= 15 is 0 Å². The van der Waals surface area contributed by atoms with Gasteiger partial charge in [-0.2, -0.15) is 0 Å². The van der Waals surface area contributed by atoms with E-state index in [9.17, 15) is 47.5 Å². The van der Waals surface area contributed by atoms with Crippen molar-refractivity contribution >= 4 is 41.4 Å². The Hall–Kier alpha value is -4.71. The van der Waals surface area contributed by atoms with Crippen LogP contribution >= 0.6 is 0 Å². The highest BCUT2D eigenvalue weighted by molar-refractivity contribution is 6.38. The molecule has 376 valence electrons. The van der Waals surface area contributed by atoms with E-state index in [0.717, 1.165) is 19.3 Å². The first-order chi connectivity index (χ1) is 31.3. The van der Waals surface area contributed by atoms with E-state index in [1.54, 1.807) is 51.1 Å². The number of hydrogen-bond donors (Lipinski definition) is 5. The van der Waals surface area contributed by atoms with E-state index in [2.05, 4.69) is 35.1 Å². The van der Waals surface area contributed by atoms with Crippen LogP contribution in [0.3, 0.4) is 0 Å². The van der Waals surface area contributed by atoms with Gasteiger partial charge in [-0.1, -0.05) is 104 Å². The zero-order chi connectivity index (χ0) is 50.0. The van der Waals surface area contributed by atoms with Gasteiger partial charge in [-0.05, 0) is 82.1 Å². The van der Waals surface area contributed by atoms with E-state index in [4.69, 9.17) is 9.47 Å². The minimum atomic E-state index is -2.89. The topological polar surface area (TPSA) is 213 Å². The molecule has 0 radical (unpaired) electrons. The summed E-state index contributed by atoms with van der Waals surface area (Å²) in [5.41, 5.74) is -0.470. The number of Topliss-reactive ketones (excluding diaryl/α,β-unsaturated/α-hetero) is 1. The molecule has 5 unspecified atom stereocenters. The summed E-state index contributed by atoms with van der Waals surface area (Å²) in [6, 6.07) is 2.73. The highest BCUT2D eigenvalue weighted by Gasteiger charge is 2.47. The van der Waals surface area contributed by atoms with Gasteiger partial charge in [-0.3, -0.25) is 34.0 Å². The van der Waals surface area contributed by atoms with Crippen molar-refractivity contribution in [1.29, 1.82) is 0 Å². The summed E-state index contributed by atoms with van der Waals surface area (Å²) in [4.78, 5) is 96.5. The molecule has 2 aliphatic rings. The van der Waals surface area contributed by atoms with Crippen LogP contribution in [0.5, 0.6) is 0 Å². The summed E-state index contributed by atoms with van der Waals surface area (Å²) >= 11 is 0. The molecule has 1 aromatic rings. The number of halogens is 2. The highest BCUT2D eigenvalue weighted by Crippen LogP contribution is 2.34. The van der Waals surface area contributed by atoms with Crippen molar-refractivity contribution in [2.24, 2.45) is 17.8 Å². The van der Waals surface area contributed by atoms with Gasteiger partial charge < -0.3 is 35.6 Å². The highest BCUT2D eigenvalue weighted by atomic mass is 19.3. The number of nitrogens with one attached hydrogen (secondary N) is 4. The molecule has 6 amide bonds. The number of ketones is 1. The fraction of sp³-hybridized carbons (Fsp3) is 0.729. The maximum atomic E-state index is 14.6. The van der Waals surface area contributed by atoms with Gasteiger partial charge in [0.2, 0.25) is 29.9 Å². The van der Waals surface area contributed by atoms with Crippen LogP contribution in [0.15, 0.2) is 30.3 Å². The van der Waals surface area contributed by atoms with Crippen LogP contribution in [0.1, 0.15) is 151 Å². The fourth-order valence-corrected chi connectivity index (χ4v) is 7.92. The lowest BCUT2D eigenvalue weighted by molar-refractivity contribution is -0.168. The third kappa shape index (κ3) is 20.0. The number of nitrogens with zero attached hydrogens (tertiary/aromatic N) is 2. The third-order valence-corrected chi connectivity index (χ3v) is 11.4. The number of amides is 6. The number of ether oxygens (including phenoxy) is 2. The largest absolute Gasteiger partial charge is 0.444 e. The minimum Gasteiger partial charge on any atom is -0.444 e. The molecule has 1 saturated carbocycles. The van der Waals surface area contributed by atoms with Crippen LogP contribution in [-0.4, -0.2) is 120 Å². The second-order valence-electron chi connectivity index (χ2n) is 17.5. The molecule has 1 aliphatic carbocycles. The Labute approximate surface area is 391 Å². The average Bonchev–Trinajstić information content (AvgIpc) is 3.71. The zero-order valence-corrected chi connectivity index (χ0v) is 41.1. The predicted molar refractivity (Wildman–Crippen MR) is 247 cm³/mol. The van der Waals surface area contributed by atoms with Gasteiger partial charge in [0.15, 0.2) is 0 Å². The number of methoxy groups -OCH3 is 1. The van der Waals surface area contributed by atoms with Gasteiger partial charge in [-0.25, -0.2) is 18.6 Å². The standard InChI is InChI=1S/C43H66F2N6O10.C3H8.C2H6/c1-7-22-51(59)41(57)35(29-17-13-10-14-18-29)48-33(52)25-46-39(55)37(53)31(19-20-32(44)45)47-38(54)36-30(24-27(3)26-60-6)21-23-50(36)40(56)34(28-15-11-9-12-16-28)49-42(58)61-43(4,5)8-2;1-3-2;1-2/h10,13-14,17-18,27-28,30-32,34-36,59H,7-9,11-12,15-16,19-26H2,1-6H3,(H,46,55)(H,47,54)(H,48,52)(H,49,58);3H2,1-2H3;1-2H3/t27?,30-,31?,34?,35?,36?;;/m1../s1. The van der Waals surface area contributed by atoms with Gasteiger partial charge in [0, 0.05) is 33.2 Å². The first kappa shape index (κ1) is 59.3. The number of benzene rings is 1.